The van der Waals surface area contributed by atoms with E-state index in [1.54, 1.807) is 24.3 Å². The van der Waals surface area contributed by atoms with Gasteiger partial charge in [0, 0.05) is 0 Å². The van der Waals surface area contributed by atoms with Crippen LogP contribution in [0.25, 0.3) is 0 Å². The van der Waals surface area contributed by atoms with Crippen LogP contribution in [0.5, 0.6) is 11.5 Å². The molecule has 0 fully saturated rings. The Morgan fingerprint density at radius 2 is 2.12 bits per heavy atom. The summed E-state index contributed by atoms with van der Waals surface area (Å²) in [5.41, 5.74) is 3.78. The topological polar surface area (TPSA) is 83.0 Å². The van der Waals surface area contributed by atoms with Gasteiger partial charge in [0.2, 0.25) is 0 Å². The Bertz CT molecular complexity index is 735. The first kappa shape index (κ1) is 17.6. The largest absolute Gasteiger partial charge is 0.504 e. The van der Waals surface area contributed by atoms with Gasteiger partial charge in [-0.3, -0.25) is 4.79 Å². The van der Waals surface area contributed by atoms with Gasteiger partial charge in [0.15, 0.2) is 11.5 Å². The Kier molecular flexibility index (Phi) is 6.45. The molecule has 0 aliphatic heterocycles. The van der Waals surface area contributed by atoms with Crippen molar-refractivity contribution >= 4 is 29.4 Å². The van der Waals surface area contributed by atoms with Crippen molar-refractivity contribution in [2.75, 3.05) is 18.5 Å². The number of rotatable bonds is 7. The van der Waals surface area contributed by atoms with Gasteiger partial charge in [0.25, 0.3) is 5.91 Å². The molecule has 0 aliphatic rings. The number of hydrazone groups is 1. The number of anilines is 1. The van der Waals surface area contributed by atoms with Gasteiger partial charge in [-0.25, -0.2) is 5.43 Å². The van der Waals surface area contributed by atoms with Crippen LogP contribution in [0.2, 0.25) is 5.02 Å². The predicted molar refractivity (Wildman–Crippen MR) is 95.0 cm³/mol. The van der Waals surface area contributed by atoms with E-state index < -0.39 is 0 Å². The molecule has 0 saturated heterocycles. The molecule has 1 amide bonds. The lowest BCUT2D eigenvalue weighted by atomic mass is 10.2. The maximum absolute atomic E-state index is 11.7. The second kappa shape index (κ2) is 8.79. The fourth-order valence-electron chi connectivity index (χ4n) is 1.88. The van der Waals surface area contributed by atoms with Crippen LogP contribution in [0.15, 0.2) is 47.6 Å². The molecule has 0 bridgehead atoms. The van der Waals surface area contributed by atoms with E-state index in [9.17, 15) is 9.90 Å². The highest BCUT2D eigenvalue weighted by Gasteiger charge is 2.03. The molecule has 0 aliphatic carbocycles. The summed E-state index contributed by atoms with van der Waals surface area (Å²) in [6.45, 7) is 2.31. The average molecular weight is 348 g/mol. The minimum atomic E-state index is -0.310. The highest BCUT2D eigenvalue weighted by molar-refractivity contribution is 6.33. The first-order chi connectivity index (χ1) is 11.6. The Balaban J connectivity index is 1.86. The van der Waals surface area contributed by atoms with Crippen molar-refractivity contribution in [1.82, 2.24) is 5.43 Å². The SMILES string of the molecule is CCOc1cc(C=NNC(=O)CNc2ccccc2Cl)ccc1O. The van der Waals surface area contributed by atoms with Gasteiger partial charge in [0.05, 0.1) is 30.1 Å². The van der Waals surface area contributed by atoms with Gasteiger partial charge in [0.1, 0.15) is 0 Å². The zero-order chi connectivity index (χ0) is 17.4. The standard InChI is InChI=1S/C17H18ClN3O3/c1-2-24-16-9-12(7-8-15(16)22)10-20-21-17(23)11-19-14-6-4-3-5-13(14)18/h3-10,19,22H,2,11H2,1H3,(H,21,23). The lowest BCUT2D eigenvalue weighted by Crippen LogP contribution is -2.25. The number of hydrogen-bond acceptors (Lipinski definition) is 5. The van der Waals surface area contributed by atoms with Gasteiger partial charge in [-0.1, -0.05) is 23.7 Å². The molecule has 2 aromatic carbocycles. The number of para-hydroxylation sites is 1. The summed E-state index contributed by atoms with van der Waals surface area (Å²) >= 11 is 5.99. The van der Waals surface area contributed by atoms with Gasteiger partial charge in [-0.05, 0) is 42.8 Å². The lowest BCUT2D eigenvalue weighted by molar-refractivity contribution is -0.119. The molecule has 0 spiro atoms. The summed E-state index contributed by atoms with van der Waals surface area (Å²) in [6.07, 6.45) is 1.47. The zero-order valence-corrected chi connectivity index (χ0v) is 13.9. The number of phenols is 1. The summed E-state index contributed by atoms with van der Waals surface area (Å²) in [5, 5.41) is 17.0. The van der Waals surface area contributed by atoms with E-state index in [0.29, 0.717) is 28.6 Å². The van der Waals surface area contributed by atoms with Crippen molar-refractivity contribution in [3.63, 3.8) is 0 Å². The van der Waals surface area contributed by atoms with Crippen LogP contribution in [0.3, 0.4) is 0 Å². The van der Waals surface area contributed by atoms with Crippen molar-refractivity contribution in [3.05, 3.63) is 53.1 Å². The molecule has 0 saturated carbocycles. The Morgan fingerprint density at radius 1 is 1.33 bits per heavy atom. The third kappa shape index (κ3) is 5.17. The molecule has 126 valence electrons. The maximum Gasteiger partial charge on any atom is 0.259 e. The second-order valence-corrected chi connectivity index (χ2v) is 5.19. The zero-order valence-electron chi connectivity index (χ0n) is 13.1. The highest BCUT2D eigenvalue weighted by Crippen LogP contribution is 2.26. The number of amides is 1. The third-order valence-corrected chi connectivity index (χ3v) is 3.33. The molecule has 0 unspecified atom stereocenters. The number of nitrogens with zero attached hydrogens (tertiary/aromatic N) is 1. The van der Waals surface area contributed by atoms with Crippen molar-refractivity contribution in [2.45, 2.75) is 6.92 Å². The second-order valence-electron chi connectivity index (χ2n) is 4.79. The molecule has 3 N–H and O–H groups in total. The number of carbonyl (C=O) groups excluding carboxylic acids is 1. The van der Waals surface area contributed by atoms with Crippen LogP contribution >= 0.6 is 11.6 Å². The van der Waals surface area contributed by atoms with E-state index >= 15 is 0 Å². The van der Waals surface area contributed by atoms with Gasteiger partial charge >= 0.3 is 0 Å². The molecule has 7 heteroatoms. The third-order valence-electron chi connectivity index (χ3n) is 3.00. The number of carbonyl (C=O) groups is 1. The first-order valence-electron chi connectivity index (χ1n) is 7.36. The summed E-state index contributed by atoms with van der Waals surface area (Å²) in [6, 6.07) is 12.0. The fourth-order valence-corrected chi connectivity index (χ4v) is 2.08. The number of hydrogen-bond donors (Lipinski definition) is 3. The van der Waals surface area contributed by atoms with E-state index in [4.69, 9.17) is 16.3 Å². The molecule has 0 radical (unpaired) electrons. The van der Waals surface area contributed by atoms with Crippen molar-refractivity contribution in [2.24, 2.45) is 5.10 Å². The Hall–Kier alpha value is -2.73. The summed E-state index contributed by atoms with van der Waals surface area (Å²) in [5.74, 6) is 0.116. The number of aromatic hydroxyl groups is 1. The van der Waals surface area contributed by atoms with Crippen molar-refractivity contribution in [3.8, 4) is 11.5 Å². The molecule has 6 nitrogen and oxygen atoms in total. The minimum absolute atomic E-state index is 0.0425. The molecule has 24 heavy (non-hydrogen) atoms. The van der Waals surface area contributed by atoms with Crippen molar-refractivity contribution in [1.29, 1.82) is 0 Å². The van der Waals surface area contributed by atoms with Crippen LogP contribution in [0.4, 0.5) is 5.69 Å². The van der Waals surface area contributed by atoms with Gasteiger partial charge in [-0.2, -0.15) is 5.10 Å². The Labute approximate surface area is 145 Å². The fraction of sp³-hybridized carbons (Fsp3) is 0.176. The molecular weight excluding hydrogens is 330 g/mol. The number of ether oxygens (including phenoxy) is 1. The van der Waals surface area contributed by atoms with E-state index in [-0.39, 0.29) is 18.2 Å². The molecule has 2 aromatic rings. The first-order valence-corrected chi connectivity index (χ1v) is 7.74. The quantitative estimate of drug-likeness (QED) is 0.531. The number of halogens is 1. The Morgan fingerprint density at radius 3 is 2.88 bits per heavy atom. The molecule has 0 atom stereocenters. The average Bonchev–Trinajstić information content (AvgIpc) is 2.57. The summed E-state index contributed by atoms with van der Waals surface area (Å²) < 4.78 is 5.28. The lowest BCUT2D eigenvalue weighted by Gasteiger charge is -2.07. The van der Waals surface area contributed by atoms with E-state index in [1.165, 1.54) is 12.3 Å². The van der Waals surface area contributed by atoms with Gasteiger partial charge in [-0.15, -0.1) is 0 Å². The van der Waals surface area contributed by atoms with Crippen LogP contribution in [0, 0.1) is 0 Å². The molecule has 0 heterocycles. The van der Waals surface area contributed by atoms with Crippen LogP contribution < -0.4 is 15.5 Å². The van der Waals surface area contributed by atoms with Crippen LogP contribution in [0.1, 0.15) is 12.5 Å². The van der Waals surface area contributed by atoms with E-state index in [0.717, 1.165) is 0 Å². The number of benzene rings is 2. The maximum atomic E-state index is 11.7. The van der Waals surface area contributed by atoms with E-state index in [2.05, 4.69) is 15.8 Å². The predicted octanol–water partition coefficient (Wildman–Crippen LogP) is 3.01. The molecular formula is C17H18ClN3O3. The monoisotopic (exact) mass is 347 g/mol. The van der Waals surface area contributed by atoms with E-state index in [1.807, 2.05) is 19.1 Å². The summed E-state index contributed by atoms with van der Waals surface area (Å²) in [4.78, 5) is 11.7. The molecule has 0 aromatic heterocycles. The van der Waals surface area contributed by atoms with Crippen LogP contribution in [-0.4, -0.2) is 30.4 Å². The summed E-state index contributed by atoms with van der Waals surface area (Å²) in [7, 11) is 0. The minimum Gasteiger partial charge on any atom is -0.504 e. The number of nitrogens with one attached hydrogen (secondary N) is 2. The number of phenolic OH excluding ortho intramolecular Hbond substituents is 1. The highest BCUT2D eigenvalue weighted by atomic mass is 35.5. The van der Waals surface area contributed by atoms with Gasteiger partial charge < -0.3 is 15.2 Å². The van der Waals surface area contributed by atoms with Crippen LogP contribution in [-0.2, 0) is 4.79 Å². The van der Waals surface area contributed by atoms with Crippen molar-refractivity contribution < 1.29 is 14.6 Å². The molecule has 2 rings (SSSR count). The smallest absolute Gasteiger partial charge is 0.259 e. The normalized spacial score (nSPS) is 10.6.